The highest BCUT2D eigenvalue weighted by Crippen LogP contribution is 2.33. The van der Waals surface area contributed by atoms with Gasteiger partial charge in [0.25, 0.3) is 0 Å². The zero-order chi connectivity index (χ0) is 24.1. The number of ether oxygens (including phenoxy) is 1. The summed E-state index contributed by atoms with van der Waals surface area (Å²) in [6.45, 7) is 0.566. The van der Waals surface area contributed by atoms with Crippen molar-refractivity contribution in [3.05, 3.63) is 71.4 Å². The second-order valence-corrected chi connectivity index (χ2v) is 8.73. The maximum absolute atomic E-state index is 13.7. The van der Waals surface area contributed by atoms with Gasteiger partial charge >= 0.3 is 0 Å². The molecule has 2 aromatic heterocycles. The van der Waals surface area contributed by atoms with E-state index in [9.17, 15) is 13.9 Å². The van der Waals surface area contributed by atoms with Gasteiger partial charge in [0.05, 0.1) is 24.2 Å². The van der Waals surface area contributed by atoms with Crippen LogP contribution in [0, 0.1) is 17.6 Å². The average Bonchev–Trinajstić information content (AvgIpc) is 2.87. The molecule has 3 aromatic rings. The molecule has 34 heavy (non-hydrogen) atoms. The summed E-state index contributed by atoms with van der Waals surface area (Å²) in [5, 5.41) is 14.5. The number of halogens is 2. The Balaban J connectivity index is 1.31. The summed E-state index contributed by atoms with van der Waals surface area (Å²) >= 11 is 0. The Morgan fingerprint density at radius 3 is 2.74 bits per heavy atom. The lowest BCUT2D eigenvalue weighted by Gasteiger charge is -2.34. The molecule has 0 saturated heterocycles. The van der Waals surface area contributed by atoms with Crippen molar-refractivity contribution in [2.45, 2.75) is 43.9 Å². The lowest BCUT2D eigenvalue weighted by Crippen LogP contribution is -2.41. The number of aliphatic hydroxyl groups is 1. The number of hydrogen-bond acceptors (Lipinski definition) is 6. The molecule has 0 spiro atoms. The minimum Gasteiger partial charge on any atom is -0.481 e. The molecule has 0 radical (unpaired) electrons. The molecular weight excluding hydrogens is 438 g/mol. The molecule has 6 nitrogen and oxygen atoms in total. The van der Waals surface area contributed by atoms with E-state index in [0.717, 1.165) is 37.8 Å². The summed E-state index contributed by atoms with van der Waals surface area (Å²) < 4.78 is 32.2. The summed E-state index contributed by atoms with van der Waals surface area (Å²) in [7, 11) is 1.55. The number of rotatable bonds is 8. The molecule has 1 aliphatic rings. The highest BCUT2D eigenvalue weighted by atomic mass is 19.1. The Hall–Kier alpha value is -2.94. The van der Waals surface area contributed by atoms with E-state index in [4.69, 9.17) is 10.5 Å². The van der Waals surface area contributed by atoms with Crippen LogP contribution in [-0.2, 0) is 0 Å². The summed E-state index contributed by atoms with van der Waals surface area (Å²) in [4.78, 5) is 8.79. The van der Waals surface area contributed by atoms with Crippen LogP contribution in [0.4, 0.5) is 8.78 Å². The molecule has 2 heterocycles. The van der Waals surface area contributed by atoms with Gasteiger partial charge in [-0.3, -0.25) is 4.98 Å². The largest absolute Gasteiger partial charge is 0.481 e. The molecule has 1 fully saturated rings. The van der Waals surface area contributed by atoms with Gasteiger partial charge in [0.1, 0.15) is 11.6 Å². The normalized spacial score (nSPS) is 20.5. The minimum absolute atomic E-state index is 0.179. The van der Waals surface area contributed by atoms with Crippen LogP contribution < -0.4 is 15.8 Å². The van der Waals surface area contributed by atoms with Crippen LogP contribution in [-0.4, -0.2) is 40.8 Å². The third-order valence-corrected chi connectivity index (χ3v) is 6.58. The number of fused-ring (bicyclic) bond motifs is 1. The zero-order valence-electron chi connectivity index (χ0n) is 19.1. The van der Waals surface area contributed by atoms with Gasteiger partial charge in [0.2, 0.25) is 5.88 Å². The number of nitrogens with one attached hydrogen (secondary N) is 1. The molecule has 180 valence electrons. The van der Waals surface area contributed by atoms with Crippen LogP contribution in [0.25, 0.3) is 17.1 Å². The lowest BCUT2D eigenvalue weighted by atomic mass is 9.79. The Labute approximate surface area is 197 Å². The van der Waals surface area contributed by atoms with E-state index < -0.39 is 23.8 Å². The molecule has 4 rings (SSSR count). The van der Waals surface area contributed by atoms with Gasteiger partial charge in [0.15, 0.2) is 0 Å². The van der Waals surface area contributed by atoms with Gasteiger partial charge in [-0.1, -0.05) is 12.2 Å². The van der Waals surface area contributed by atoms with Crippen molar-refractivity contribution in [3.8, 4) is 5.88 Å². The Bertz CT molecular complexity index is 1150. The first-order chi connectivity index (χ1) is 16.5. The molecule has 0 amide bonds. The van der Waals surface area contributed by atoms with E-state index >= 15 is 0 Å². The van der Waals surface area contributed by atoms with Gasteiger partial charge in [0, 0.05) is 42.0 Å². The number of pyridine rings is 2. The van der Waals surface area contributed by atoms with Crippen LogP contribution >= 0.6 is 0 Å². The molecule has 8 heteroatoms. The average molecular weight is 469 g/mol. The van der Waals surface area contributed by atoms with Crippen LogP contribution in [0.2, 0.25) is 0 Å². The predicted molar refractivity (Wildman–Crippen MR) is 128 cm³/mol. The molecule has 4 N–H and O–H groups in total. The highest BCUT2D eigenvalue weighted by Gasteiger charge is 2.31. The molecule has 1 aromatic carbocycles. The Morgan fingerprint density at radius 2 is 1.97 bits per heavy atom. The van der Waals surface area contributed by atoms with Crippen LogP contribution in [0.3, 0.4) is 0 Å². The van der Waals surface area contributed by atoms with Crippen LogP contribution in [0.15, 0.2) is 48.7 Å². The van der Waals surface area contributed by atoms with E-state index in [2.05, 4.69) is 15.3 Å². The summed E-state index contributed by atoms with van der Waals surface area (Å²) in [6, 6.07) is 8.63. The molecule has 1 aliphatic carbocycles. The molecule has 2 atom stereocenters. The first kappa shape index (κ1) is 24.2. The quantitative estimate of drug-likeness (QED) is 0.460. The van der Waals surface area contributed by atoms with Gasteiger partial charge < -0.3 is 20.9 Å². The van der Waals surface area contributed by atoms with Crippen molar-refractivity contribution >= 4 is 17.1 Å². The van der Waals surface area contributed by atoms with E-state index in [1.807, 2.05) is 6.07 Å². The topological polar surface area (TPSA) is 93.3 Å². The van der Waals surface area contributed by atoms with Crippen LogP contribution in [0.5, 0.6) is 5.88 Å². The molecule has 0 bridgehead atoms. The van der Waals surface area contributed by atoms with Crippen LogP contribution in [0.1, 0.15) is 42.9 Å². The SMILES string of the molecule is COc1ccc2nccc([C@@H](O)[C@H](N)[C@H]3CC[C@H](NCC=Cc4cc(F)ccc4F)CC3)c2n1. The first-order valence-electron chi connectivity index (χ1n) is 11.5. The summed E-state index contributed by atoms with van der Waals surface area (Å²) in [6.07, 6.45) is 7.82. The van der Waals surface area contributed by atoms with E-state index in [1.165, 1.54) is 6.07 Å². The number of nitrogens with zero attached hydrogens (tertiary/aromatic N) is 2. The molecule has 1 saturated carbocycles. The number of methoxy groups -OCH3 is 1. The third-order valence-electron chi connectivity index (χ3n) is 6.58. The number of aliphatic hydroxyl groups excluding tert-OH is 1. The van der Waals surface area contributed by atoms with Gasteiger partial charge in [-0.15, -0.1) is 0 Å². The van der Waals surface area contributed by atoms with Crippen molar-refractivity contribution in [2.75, 3.05) is 13.7 Å². The summed E-state index contributed by atoms with van der Waals surface area (Å²) in [5.41, 5.74) is 8.69. The van der Waals surface area contributed by atoms with Crippen molar-refractivity contribution in [1.82, 2.24) is 15.3 Å². The molecular formula is C26H30F2N4O2. The monoisotopic (exact) mass is 468 g/mol. The van der Waals surface area contributed by atoms with Gasteiger partial charge in [-0.05, 0) is 61.9 Å². The fourth-order valence-corrected chi connectivity index (χ4v) is 4.62. The number of hydrogen-bond donors (Lipinski definition) is 3. The van der Waals surface area contributed by atoms with Crippen molar-refractivity contribution in [3.63, 3.8) is 0 Å². The number of aromatic nitrogens is 2. The van der Waals surface area contributed by atoms with Crippen molar-refractivity contribution in [1.29, 1.82) is 0 Å². The van der Waals surface area contributed by atoms with Crippen molar-refractivity contribution < 1.29 is 18.6 Å². The van der Waals surface area contributed by atoms with E-state index in [1.54, 1.807) is 37.6 Å². The zero-order valence-corrected chi connectivity index (χ0v) is 19.1. The second kappa shape index (κ2) is 11.0. The van der Waals surface area contributed by atoms with Gasteiger partial charge in [-0.2, -0.15) is 0 Å². The molecule has 0 unspecified atom stereocenters. The highest BCUT2D eigenvalue weighted by molar-refractivity contribution is 5.78. The minimum atomic E-state index is -0.858. The maximum Gasteiger partial charge on any atom is 0.213 e. The maximum atomic E-state index is 13.7. The second-order valence-electron chi connectivity index (χ2n) is 8.73. The number of nitrogens with two attached hydrogens (primary N) is 1. The van der Waals surface area contributed by atoms with Crippen molar-refractivity contribution in [2.24, 2.45) is 11.7 Å². The van der Waals surface area contributed by atoms with E-state index in [0.29, 0.717) is 35.1 Å². The smallest absolute Gasteiger partial charge is 0.213 e. The third kappa shape index (κ3) is 5.58. The number of benzene rings is 1. The fraction of sp³-hybridized carbons (Fsp3) is 0.385. The summed E-state index contributed by atoms with van der Waals surface area (Å²) in [5.74, 6) is -0.260. The Morgan fingerprint density at radius 1 is 1.18 bits per heavy atom. The molecule has 0 aliphatic heterocycles. The predicted octanol–water partition coefficient (Wildman–Crippen LogP) is 4.14. The standard InChI is InChI=1S/C26H30F2N4O2/c1-34-23-11-10-22-25(32-23)20(12-14-31-22)26(33)24(29)16-4-7-19(8-5-16)30-13-2-3-17-15-18(27)6-9-21(17)28/h2-3,6,9-12,14-16,19,24,26,30,33H,4-5,7-8,13,29H2,1H3/t16-,19-,24-,26-/m1/s1. The van der Waals surface area contributed by atoms with Gasteiger partial charge in [-0.25, -0.2) is 13.8 Å². The fourth-order valence-electron chi connectivity index (χ4n) is 4.62. The van der Waals surface area contributed by atoms with E-state index in [-0.39, 0.29) is 11.5 Å². The lowest BCUT2D eigenvalue weighted by molar-refractivity contribution is 0.101. The Kier molecular flexibility index (Phi) is 7.82. The first-order valence-corrected chi connectivity index (χ1v) is 11.5.